The van der Waals surface area contributed by atoms with E-state index >= 15 is 0 Å². The van der Waals surface area contributed by atoms with Crippen molar-refractivity contribution in [3.05, 3.63) is 59.2 Å². The van der Waals surface area contributed by atoms with Gasteiger partial charge in [0.2, 0.25) is 15.9 Å². The smallest absolute Gasteiger partial charge is 0.254 e. The normalized spacial score (nSPS) is 15.1. The highest BCUT2D eigenvalue weighted by Gasteiger charge is 2.26. The van der Waals surface area contributed by atoms with Gasteiger partial charge in [-0.15, -0.1) is 0 Å². The van der Waals surface area contributed by atoms with Crippen LogP contribution >= 0.6 is 0 Å². The summed E-state index contributed by atoms with van der Waals surface area (Å²) in [5, 5.41) is 2.86. The number of sulfonamides is 1. The third kappa shape index (κ3) is 5.55. The average molecular weight is 458 g/mol. The first-order valence-electron chi connectivity index (χ1n) is 10.9. The maximum absolute atomic E-state index is 13.1. The summed E-state index contributed by atoms with van der Waals surface area (Å²) >= 11 is 0. The molecule has 0 atom stereocenters. The van der Waals surface area contributed by atoms with Gasteiger partial charge in [-0.3, -0.25) is 9.59 Å². The van der Waals surface area contributed by atoms with Gasteiger partial charge in [-0.25, -0.2) is 8.42 Å². The van der Waals surface area contributed by atoms with Crippen LogP contribution in [-0.2, 0) is 14.8 Å². The fourth-order valence-corrected chi connectivity index (χ4v) is 5.48. The first-order chi connectivity index (χ1) is 15.2. The van der Waals surface area contributed by atoms with Gasteiger partial charge < -0.3 is 10.2 Å². The Kier molecular flexibility index (Phi) is 7.69. The van der Waals surface area contributed by atoms with Gasteiger partial charge in [0, 0.05) is 31.4 Å². The molecular formula is C24H31N3O4S. The maximum Gasteiger partial charge on any atom is 0.254 e. The molecule has 1 aliphatic heterocycles. The van der Waals surface area contributed by atoms with E-state index in [0.29, 0.717) is 13.1 Å². The second-order valence-corrected chi connectivity index (χ2v) is 10.3. The maximum atomic E-state index is 13.1. The Morgan fingerprint density at radius 1 is 0.969 bits per heavy atom. The zero-order valence-corrected chi connectivity index (χ0v) is 19.7. The van der Waals surface area contributed by atoms with Crippen molar-refractivity contribution in [3.63, 3.8) is 0 Å². The highest BCUT2D eigenvalue weighted by Crippen LogP contribution is 2.22. The van der Waals surface area contributed by atoms with Crippen molar-refractivity contribution in [1.29, 1.82) is 0 Å². The van der Waals surface area contributed by atoms with E-state index in [0.717, 1.165) is 42.5 Å². The summed E-state index contributed by atoms with van der Waals surface area (Å²) in [5.41, 5.74) is 2.87. The van der Waals surface area contributed by atoms with Crippen LogP contribution in [0.4, 0.5) is 5.69 Å². The van der Waals surface area contributed by atoms with Crippen LogP contribution in [0.15, 0.2) is 47.4 Å². The molecule has 0 radical (unpaired) electrons. The van der Waals surface area contributed by atoms with Crippen molar-refractivity contribution in [2.24, 2.45) is 0 Å². The zero-order chi connectivity index (χ0) is 23.3. The Labute approximate surface area is 190 Å². The molecule has 1 N–H and O–H groups in total. The molecule has 1 heterocycles. The van der Waals surface area contributed by atoms with Crippen LogP contribution in [-0.4, -0.2) is 56.1 Å². The average Bonchev–Trinajstić information content (AvgIpc) is 3.06. The first-order valence-corrected chi connectivity index (χ1v) is 12.4. The fourth-order valence-electron chi connectivity index (χ4n) is 3.92. The lowest BCUT2D eigenvalue weighted by molar-refractivity contribution is -0.116. The summed E-state index contributed by atoms with van der Waals surface area (Å²) in [5.74, 6) is -0.721. The van der Waals surface area contributed by atoms with E-state index in [-0.39, 0.29) is 22.9 Å². The minimum absolute atomic E-state index is 0.110. The number of benzene rings is 2. The standard InChI is InChI=1S/C24H31N3O4S/c1-18-10-8-11-19(2)23(18)25-22(28)17-26(3)24(29)20-12-9-13-21(16-20)32(30,31)27-14-6-4-5-7-15-27/h8-13,16H,4-7,14-15,17H2,1-3H3,(H,25,28). The Hall–Kier alpha value is -2.71. The van der Waals surface area contributed by atoms with Gasteiger partial charge in [0.15, 0.2) is 0 Å². The molecule has 1 saturated heterocycles. The quantitative estimate of drug-likeness (QED) is 0.718. The summed E-state index contributed by atoms with van der Waals surface area (Å²) in [6.45, 7) is 4.68. The minimum atomic E-state index is -3.66. The second-order valence-electron chi connectivity index (χ2n) is 8.32. The Morgan fingerprint density at radius 3 is 2.19 bits per heavy atom. The van der Waals surface area contributed by atoms with E-state index in [9.17, 15) is 18.0 Å². The predicted molar refractivity (Wildman–Crippen MR) is 125 cm³/mol. The zero-order valence-electron chi connectivity index (χ0n) is 18.9. The number of carbonyl (C=O) groups is 2. The van der Waals surface area contributed by atoms with Gasteiger partial charge in [-0.1, -0.05) is 37.1 Å². The molecule has 0 aliphatic carbocycles. The van der Waals surface area contributed by atoms with Crippen LogP contribution < -0.4 is 5.32 Å². The topological polar surface area (TPSA) is 86.8 Å². The molecule has 0 aromatic heterocycles. The van der Waals surface area contributed by atoms with Crippen LogP contribution in [0.2, 0.25) is 0 Å². The molecule has 0 bridgehead atoms. The number of amides is 2. The molecule has 2 amide bonds. The number of hydrogen-bond donors (Lipinski definition) is 1. The molecule has 0 unspecified atom stereocenters. The lowest BCUT2D eigenvalue weighted by atomic mass is 10.1. The number of carbonyl (C=O) groups excluding carboxylic acids is 2. The van der Waals surface area contributed by atoms with Gasteiger partial charge >= 0.3 is 0 Å². The van der Waals surface area contributed by atoms with E-state index in [1.165, 1.54) is 28.4 Å². The minimum Gasteiger partial charge on any atom is -0.332 e. The Morgan fingerprint density at radius 2 is 1.56 bits per heavy atom. The summed E-state index contributed by atoms with van der Waals surface area (Å²) in [6, 6.07) is 11.8. The molecular weight excluding hydrogens is 426 g/mol. The number of rotatable bonds is 6. The van der Waals surface area contributed by atoms with Gasteiger partial charge in [-0.2, -0.15) is 4.31 Å². The van der Waals surface area contributed by atoms with Crippen molar-refractivity contribution < 1.29 is 18.0 Å². The largest absolute Gasteiger partial charge is 0.332 e. The molecule has 2 aromatic carbocycles. The molecule has 172 valence electrons. The van der Waals surface area contributed by atoms with Crippen LogP contribution in [0.1, 0.15) is 47.2 Å². The summed E-state index contributed by atoms with van der Waals surface area (Å²) < 4.78 is 27.6. The molecule has 32 heavy (non-hydrogen) atoms. The van der Waals surface area contributed by atoms with Crippen LogP contribution in [0, 0.1) is 13.8 Å². The third-order valence-electron chi connectivity index (χ3n) is 5.76. The fraction of sp³-hybridized carbons (Fsp3) is 0.417. The van der Waals surface area contributed by atoms with Crippen LogP contribution in [0.25, 0.3) is 0 Å². The highest BCUT2D eigenvalue weighted by molar-refractivity contribution is 7.89. The monoisotopic (exact) mass is 457 g/mol. The van der Waals surface area contributed by atoms with Crippen molar-refractivity contribution in [2.75, 3.05) is 32.0 Å². The number of anilines is 1. The van der Waals surface area contributed by atoms with Crippen molar-refractivity contribution in [3.8, 4) is 0 Å². The van der Waals surface area contributed by atoms with Crippen LogP contribution in [0.3, 0.4) is 0 Å². The summed E-state index contributed by atoms with van der Waals surface area (Å²) in [6.07, 6.45) is 3.74. The molecule has 0 saturated carbocycles. The predicted octanol–water partition coefficient (Wildman–Crippen LogP) is 3.58. The number of para-hydroxylation sites is 1. The number of likely N-dealkylation sites (N-methyl/N-ethyl adjacent to an activating group) is 1. The first kappa shape index (κ1) is 23.9. The number of nitrogens with one attached hydrogen (secondary N) is 1. The van der Waals surface area contributed by atoms with Crippen molar-refractivity contribution in [2.45, 2.75) is 44.4 Å². The Bertz CT molecular complexity index is 1070. The third-order valence-corrected chi connectivity index (χ3v) is 7.65. The molecule has 1 fully saturated rings. The molecule has 2 aromatic rings. The van der Waals surface area contributed by atoms with Gasteiger partial charge in [0.05, 0.1) is 11.4 Å². The molecule has 0 spiro atoms. The molecule has 7 nitrogen and oxygen atoms in total. The second kappa shape index (κ2) is 10.3. The molecule has 8 heteroatoms. The van der Waals surface area contributed by atoms with E-state index in [4.69, 9.17) is 0 Å². The number of nitrogens with zero attached hydrogens (tertiary/aromatic N) is 2. The van der Waals surface area contributed by atoms with Gasteiger partial charge in [-0.05, 0) is 56.0 Å². The van der Waals surface area contributed by atoms with E-state index in [1.54, 1.807) is 12.1 Å². The SMILES string of the molecule is Cc1cccc(C)c1NC(=O)CN(C)C(=O)c1cccc(S(=O)(=O)N2CCCCCC2)c1. The van der Waals surface area contributed by atoms with Crippen LogP contribution in [0.5, 0.6) is 0 Å². The molecule has 3 rings (SSSR count). The highest BCUT2D eigenvalue weighted by atomic mass is 32.2. The lowest BCUT2D eigenvalue weighted by Gasteiger charge is -2.21. The van der Waals surface area contributed by atoms with E-state index in [1.807, 2.05) is 32.0 Å². The van der Waals surface area contributed by atoms with Gasteiger partial charge in [0.25, 0.3) is 5.91 Å². The lowest BCUT2D eigenvalue weighted by Crippen LogP contribution is -2.35. The van der Waals surface area contributed by atoms with E-state index < -0.39 is 15.9 Å². The number of aryl methyl sites for hydroxylation is 2. The Balaban J connectivity index is 1.71. The van der Waals surface area contributed by atoms with Crippen molar-refractivity contribution >= 4 is 27.5 Å². The van der Waals surface area contributed by atoms with E-state index in [2.05, 4.69) is 5.32 Å². The molecule has 1 aliphatic rings. The van der Waals surface area contributed by atoms with Crippen molar-refractivity contribution in [1.82, 2.24) is 9.21 Å². The van der Waals surface area contributed by atoms with Gasteiger partial charge in [0.1, 0.15) is 0 Å². The summed E-state index contributed by atoms with van der Waals surface area (Å²) in [4.78, 5) is 26.8. The number of hydrogen-bond acceptors (Lipinski definition) is 4. The summed E-state index contributed by atoms with van der Waals surface area (Å²) in [7, 11) is -2.13.